The number of ether oxygens (including phenoxy) is 1. The van der Waals surface area contributed by atoms with Gasteiger partial charge in [0, 0.05) is 49.3 Å². The lowest BCUT2D eigenvalue weighted by atomic mass is 10.0. The Bertz CT molecular complexity index is 1140. The molecule has 2 fully saturated rings. The van der Waals surface area contributed by atoms with Crippen LogP contribution >= 0.6 is 35.4 Å². The predicted octanol–water partition coefficient (Wildman–Crippen LogP) is 4.87. The molecule has 0 saturated carbocycles. The second-order valence-corrected chi connectivity index (χ2v) is 9.76. The van der Waals surface area contributed by atoms with Crippen LogP contribution in [0, 0.1) is 0 Å². The van der Waals surface area contributed by atoms with Crippen LogP contribution in [0.2, 0.25) is 10.0 Å². The molecule has 0 amide bonds. The topological polar surface area (TPSA) is 45.6 Å². The lowest BCUT2D eigenvalue weighted by Crippen LogP contribution is -2.39. The van der Waals surface area contributed by atoms with Gasteiger partial charge >= 0.3 is 0 Å². The third-order valence-corrected chi connectivity index (χ3v) is 7.32. The van der Waals surface area contributed by atoms with Gasteiger partial charge < -0.3 is 19.5 Å². The minimum atomic E-state index is -0.0724. The maximum Gasteiger partial charge on any atom is 0.170 e. The number of pyridine rings is 1. The van der Waals surface area contributed by atoms with E-state index < -0.39 is 0 Å². The highest BCUT2D eigenvalue weighted by Gasteiger charge is 2.41. The zero-order valence-electron chi connectivity index (χ0n) is 18.7. The number of morpholine rings is 1. The van der Waals surface area contributed by atoms with Gasteiger partial charge in [-0.05, 0) is 61.1 Å². The van der Waals surface area contributed by atoms with Gasteiger partial charge in [-0.25, -0.2) is 0 Å². The summed E-state index contributed by atoms with van der Waals surface area (Å²) in [7, 11) is 0. The van der Waals surface area contributed by atoms with Gasteiger partial charge in [-0.1, -0.05) is 29.3 Å². The first-order valence-electron chi connectivity index (χ1n) is 11.5. The van der Waals surface area contributed by atoms with Crippen LogP contribution < -0.4 is 5.32 Å². The first kappa shape index (κ1) is 23.6. The lowest BCUT2D eigenvalue weighted by molar-refractivity contribution is 0.0365. The molecule has 2 saturated heterocycles. The van der Waals surface area contributed by atoms with E-state index in [0.717, 1.165) is 68.0 Å². The minimum absolute atomic E-state index is 0.0335. The Kier molecular flexibility index (Phi) is 7.37. The molecule has 1 N–H and O–H groups in total. The number of rotatable bonds is 7. The van der Waals surface area contributed by atoms with Crippen molar-refractivity contribution in [3.05, 3.63) is 82.4 Å². The minimum Gasteiger partial charge on any atom is -0.379 e. The van der Waals surface area contributed by atoms with Crippen LogP contribution in [0.3, 0.4) is 0 Å². The van der Waals surface area contributed by atoms with E-state index in [9.17, 15) is 0 Å². The van der Waals surface area contributed by atoms with Crippen molar-refractivity contribution >= 4 is 40.5 Å². The van der Waals surface area contributed by atoms with Crippen molar-refractivity contribution in [2.75, 3.05) is 39.4 Å². The number of hydrogen-bond acceptors (Lipinski definition) is 4. The summed E-state index contributed by atoms with van der Waals surface area (Å²) in [5.41, 5.74) is 2.94. The van der Waals surface area contributed by atoms with E-state index in [1.165, 1.54) is 0 Å². The summed E-state index contributed by atoms with van der Waals surface area (Å²) in [6.45, 7) is 5.46. The zero-order valence-corrected chi connectivity index (χ0v) is 21.1. The highest BCUT2D eigenvalue weighted by molar-refractivity contribution is 7.80. The Morgan fingerprint density at radius 1 is 1.06 bits per heavy atom. The Hall–Kier alpha value is -2.16. The fraction of sp³-hybridized carbons (Fsp3) is 0.360. The van der Waals surface area contributed by atoms with Crippen LogP contribution in [0.15, 0.2) is 60.9 Å². The van der Waals surface area contributed by atoms with E-state index in [1.54, 1.807) is 6.07 Å². The molecule has 34 heavy (non-hydrogen) atoms. The molecule has 1 aromatic carbocycles. The second kappa shape index (κ2) is 10.6. The first-order valence-corrected chi connectivity index (χ1v) is 12.7. The third kappa shape index (κ3) is 4.95. The maximum absolute atomic E-state index is 6.60. The fourth-order valence-electron chi connectivity index (χ4n) is 4.79. The van der Waals surface area contributed by atoms with Crippen molar-refractivity contribution in [2.24, 2.45) is 0 Å². The monoisotopic (exact) mass is 515 g/mol. The quantitative estimate of drug-likeness (QED) is 0.452. The van der Waals surface area contributed by atoms with E-state index in [2.05, 4.69) is 30.7 Å². The molecule has 9 heteroatoms. The van der Waals surface area contributed by atoms with Crippen molar-refractivity contribution in [3.63, 3.8) is 0 Å². The molecule has 178 valence electrons. The van der Waals surface area contributed by atoms with E-state index in [4.69, 9.17) is 40.2 Å². The fourth-order valence-corrected chi connectivity index (χ4v) is 5.62. The SMILES string of the molecule is S=C1N[C@@H](c2ccccn2)[C@H](c2cccn2-c2ccc(Cl)cc2Cl)N1CCCN1CCOCC1. The largest absolute Gasteiger partial charge is 0.379 e. The Morgan fingerprint density at radius 2 is 1.91 bits per heavy atom. The summed E-state index contributed by atoms with van der Waals surface area (Å²) in [6, 6.07) is 15.7. The molecular formula is C25H27Cl2N5OS. The average Bonchev–Trinajstić information content (AvgIpc) is 3.45. The number of thiocarbonyl (C=S) groups is 1. The van der Waals surface area contributed by atoms with Gasteiger partial charge in [0.05, 0.1) is 41.7 Å². The van der Waals surface area contributed by atoms with Gasteiger partial charge in [0.2, 0.25) is 0 Å². The van der Waals surface area contributed by atoms with Gasteiger partial charge in [0.25, 0.3) is 0 Å². The van der Waals surface area contributed by atoms with Crippen molar-refractivity contribution in [1.29, 1.82) is 0 Å². The Morgan fingerprint density at radius 3 is 2.68 bits per heavy atom. The predicted molar refractivity (Wildman–Crippen MR) is 140 cm³/mol. The molecule has 0 spiro atoms. The van der Waals surface area contributed by atoms with Crippen molar-refractivity contribution in [2.45, 2.75) is 18.5 Å². The summed E-state index contributed by atoms with van der Waals surface area (Å²) in [4.78, 5) is 9.40. The molecule has 4 heterocycles. The molecule has 0 aliphatic carbocycles. The van der Waals surface area contributed by atoms with Crippen molar-refractivity contribution in [1.82, 2.24) is 24.7 Å². The van der Waals surface area contributed by atoms with Gasteiger partial charge in [-0.15, -0.1) is 0 Å². The number of benzene rings is 1. The van der Waals surface area contributed by atoms with Crippen LogP contribution in [0.25, 0.3) is 5.69 Å². The van der Waals surface area contributed by atoms with Gasteiger partial charge in [0.1, 0.15) is 0 Å². The van der Waals surface area contributed by atoms with Crippen LogP contribution in [0.1, 0.15) is 29.9 Å². The van der Waals surface area contributed by atoms with E-state index >= 15 is 0 Å². The zero-order chi connectivity index (χ0) is 23.5. The van der Waals surface area contributed by atoms with Crippen molar-refractivity contribution in [3.8, 4) is 5.69 Å². The van der Waals surface area contributed by atoms with E-state index in [0.29, 0.717) is 10.0 Å². The number of halogens is 2. The average molecular weight is 516 g/mol. The first-order chi connectivity index (χ1) is 16.6. The normalized spacial score (nSPS) is 21.1. The Balaban J connectivity index is 1.46. The molecule has 0 bridgehead atoms. The molecule has 5 rings (SSSR count). The summed E-state index contributed by atoms with van der Waals surface area (Å²) < 4.78 is 7.62. The van der Waals surface area contributed by atoms with Crippen LogP contribution in [0.5, 0.6) is 0 Å². The second-order valence-electron chi connectivity index (χ2n) is 8.53. The van der Waals surface area contributed by atoms with Gasteiger partial charge in [-0.3, -0.25) is 9.88 Å². The molecule has 0 radical (unpaired) electrons. The number of nitrogens with one attached hydrogen (secondary N) is 1. The van der Waals surface area contributed by atoms with Gasteiger partial charge in [0.15, 0.2) is 5.11 Å². The van der Waals surface area contributed by atoms with E-state index in [1.807, 2.05) is 48.8 Å². The number of hydrogen-bond donors (Lipinski definition) is 1. The lowest BCUT2D eigenvalue weighted by Gasteiger charge is -2.31. The molecule has 2 atom stereocenters. The standard InChI is InChI=1S/C25H27Cl2N5OS/c26-18-7-8-21(19(27)17-18)31-11-3-6-22(31)24-23(20-5-1-2-9-28-20)29-25(34)32(24)12-4-10-30-13-15-33-16-14-30/h1-3,5-9,11,17,23-24H,4,10,12-16H2,(H,29,34)/t23-,24-/m0/s1. The molecule has 3 aromatic rings. The molecular weight excluding hydrogens is 489 g/mol. The smallest absolute Gasteiger partial charge is 0.170 e. The number of aromatic nitrogens is 2. The summed E-state index contributed by atoms with van der Waals surface area (Å²) in [6.07, 6.45) is 4.87. The molecule has 2 aliphatic heterocycles. The molecule has 6 nitrogen and oxygen atoms in total. The Labute approximate surface area is 215 Å². The number of nitrogens with zero attached hydrogens (tertiary/aromatic N) is 4. The highest BCUT2D eigenvalue weighted by Crippen LogP contribution is 2.40. The molecule has 2 aliphatic rings. The molecule has 0 unspecified atom stereocenters. The molecule has 2 aromatic heterocycles. The van der Waals surface area contributed by atoms with Crippen LogP contribution in [-0.2, 0) is 4.74 Å². The highest BCUT2D eigenvalue weighted by atomic mass is 35.5. The summed E-state index contributed by atoms with van der Waals surface area (Å²) >= 11 is 18.6. The third-order valence-electron chi connectivity index (χ3n) is 6.43. The van der Waals surface area contributed by atoms with Crippen LogP contribution in [0.4, 0.5) is 0 Å². The summed E-state index contributed by atoms with van der Waals surface area (Å²) in [5.74, 6) is 0. The van der Waals surface area contributed by atoms with Crippen LogP contribution in [-0.4, -0.2) is 63.9 Å². The van der Waals surface area contributed by atoms with Crippen molar-refractivity contribution < 1.29 is 4.74 Å². The summed E-state index contributed by atoms with van der Waals surface area (Å²) in [5, 5.41) is 5.51. The van der Waals surface area contributed by atoms with E-state index in [-0.39, 0.29) is 12.1 Å². The maximum atomic E-state index is 6.60. The van der Waals surface area contributed by atoms with Gasteiger partial charge in [-0.2, -0.15) is 0 Å².